The van der Waals surface area contributed by atoms with E-state index in [4.69, 9.17) is 0 Å². The van der Waals surface area contributed by atoms with E-state index < -0.39 is 0 Å². The molecule has 2 heteroatoms. The normalized spacial score (nSPS) is 45.0. The molecule has 2 nitrogen and oxygen atoms in total. The smallest absolute Gasteiger partial charge is 0.0224 e. The summed E-state index contributed by atoms with van der Waals surface area (Å²) in [5.41, 5.74) is 0. The van der Waals surface area contributed by atoms with Gasteiger partial charge in [-0.25, -0.2) is 0 Å². The van der Waals surface area contributed by atoms with Gasteiger partial charge in [-0.3, -0.25) is 0 Å². The molecule has 11 heavy (non-hydrogen) atoms. The number of hydrogen-bond donors (Lipinski definition) is 2. The van der Waals surface area contributed by atoms with Crippen LogP contribution in [-0.4, -0.2) is 24.7 Å². The molecule has 2 aliphatic rings. The predicted octanol–water partition coefficient (Wildman–Crippen LogP) is 0.879. The first-order valence-electron chi connectivity index (χ1n) is 4.86. The molecule has 0 bridgehead atoms. The van der Waals surface area contributed by atoms with Gasteiger partial charge < -0.3 is 10.6 Å². The van der Waals surface area contributed by atoms with E-state index in [0.717, 1.165) is 18.6 Å². The zero-order chi connectivity index (χ0) is 7.68. The lowest BCUT2D eigenvalue weighted by atomic mass is 9.88. The molecule has 2 rings (SSSR count). The molecule has 0 aromatic carbocycles. The Labute approximate surface area is 68.7 Å². The molecule has 0 amide bonds. The first-order valence-corrected chi connectivity index (χ1v) is 4.86. The van der Waals surface area contributed by atoms with Gasteiger partial charge in [0.2, 0.25) is 0 Å². The van der Waals surface area contributed by atoms with Crippen molar-refractivity contribution in [1.29, 1.82) is 0 Å². The maximum Gasteiger partial charge on any atom is 0.0224 e. The van der Waals surface area contributed by atoms with Crippen molar-refractivity contribution in [2.75, 3.05) is 6.54 Å². The van der Waals surface area contributed by atoms with E-state index in [1.807, 2.05) is 0 Å². The Morgan fingerprint density at radius 3 is 2.64 bits per heavy atom. The zero-order valence-corrected chi connectivity index (χ0v) is 7.27. The maximum absolute atomic E-state index is 3.66. The van der Waals surface area contributed by atoms with Gasteiger partial charge in [0.25, 0.3) is 0 Å². The van der Waals surface area contributed by atoms with Gasteiger partial charge in [0.1, 0.15) is 0 Å². The van der Waals surface area contributed by atoms with Gasteiger partial charge >= 0.3 is 0 Å². The third-order valence-corrected chi connectivity index (χ3v) is 2.95. The Bertz CT molecular complexity index is 136. The van der Waals surface area contributed by atoms with E-state index in [0.29, 0.717) is 6.04 Å². The lowest BCUT2D eigenvalue weighted by Gasteiger charge is -2.40. The lowest BCUT2D eigenvalue weighted by molar-refractivity contribution is 0.219. The molecule has 1 saturated carbocycles. The summed E-state index contributed by atoms with van der Waals surface area (Å²) in [5, 5.41) is 7.26. The summed E-state index contributed by atoms with van der Waals surface area (Å²) in [6, 6.07) is 2.22. The monoisotopic (exact) mass is 154 g/mol. The van der Waals surface area contributed by atoms with E-state index in [9.17, 15) is 0 Å². The van der Waals surface area contributed by atoms with Crippen LogP contribution in [0.2, 0.25) is 0 Å². The molecule has 0 spiro atoms. The number of nitrogens with one attached hydrogen (secondary N) is 2. The highest BCUT2D eigenvalue weighted by molar-refractivity contribution is 4.92. The summed E-state index contributed by atoms with van der Waals surface area (Å²) < 4.78 is 0. The second kappa shape index (κ2) is 3.11. The molecule has 0 radical (unpaired) electrons. The van der Waals surface area contributed by atoms with E-state index in [1.54, 1.807) is 0 Å². The highest BCUT2D eigenvalue weighted by Crippen LogP contribution is 2.20. The zero-order valence-electron chi connectivity index (χ0n) is 7.27. The minimum Gasteiger partial charge on any atom is -0.311 e. The fourth-order valence-corrected chi connectivity index (χ4v) is 2.33. The van der Waals surface area contributed by atoms with Gasteiger partial charge in [-0.15, -0.1) is 0 Å². The Kier molecular flexibility index (Phi) is 2.14. The molecular formula is C9H18N2. The summed E-state index contributed by atoms with van der Waals surface area (Å²) in [6.45, 7) is 3.42. The van der Waals surface area contributed by atoms with Crippen LogP contribution in [0, 0.1) is 0 Å². The first-order chi connectivity index (χ1) is 5.36. The van der Waals surface area contributed by atoms with Crippen molar-refractivity contribution in [2.45, 2.75) is 50.7 Å². The lowest BCUT2D eigenvalue weighted by Crippen LogP contribution is -2.60. The molecule has 1 saturated heterocycles. The minimum absolute atomic E-state index is 0.675. The molecule has 1 heterocycles. The molecule has 2 N–H and O–H groups in total. The Morgan fingerprint density at radius 2 is 1.82 bits per heavy atom. The van der Waals surface area contributed by atoms with Gasteiger partial charge in [-0.2, -0.15) is 0 Å². The highest BCUT2D eigenvalue weighted by atomic mass is 15.1. The first kappa shape index (κ1) is 7.56. The van der Waals surface area contributed by atoms with Crippen LogP contribution in [-0.2, 0) is 0 Å². The molecule has 2 unspecified atom stereocenters. The fraction of sp³-hybridized carbons (Fsp3) is 1.00. The Morgan fingerprint density at radius 1 is 1.09 bits per heavy atom. The second-order valence-corrected chi connectivity index (χ2v) is 3.97. The van der Waals surface area contributed by atoms with Crippen LogP contribution in [0.3, 0.4) is 0 Å². The van der Waals surface area contributed by atoms with E-state index >= 15 is 0 Å². The van der Waals surface area contributed by atoms with Crippen LogP contribution in [0.5, 0.6) is 0 Å². The third kappa shape index (κ3) is 1.57. The van der Waals surface area contributed by atoms with Crippen LogP contribution in [0.25, 0.3) is 0 Å². The maximum atomic E-state index is 3.66. The average molecular weight is 154 g/mol. The molecule has 2 fully saturated rings. The Balaban J connectivity index is 1.93. The molecule has 1 aliphatic carbocycles. The van der Waals surface area contributed by atoms with Crippen LogP contribution in [0.4, 0.5) is 0 Å². The van der Waals surface area contributed by atoms with Crippen LogP contribution in [0.1, 0.15) is 32.6 Å². The van der Waals surface area contributed by atoms with Crippen molar-refractivity contribution < 1.29 is 0 Å². The van der Waals surface area contributed by atoms with Crippen molar-refractivity contribution in [3.8, 4) is 0 Å². The predicted molar refractivity (Wildman–Crippen MR) is 46.6 cm³/mol. The van der Waals surface area contributed by atoms with Crippen LogP contribution in [0.15, 0.2) is 0 Å². The number of fused-ring (bicyclic) bond motifs is 1. The van der Waals surface area contributed by atoms with E-state index in [1.165, 1.54) is 25.7 Å². The largest absolute Gasteiger partial charge is 0.311 e. The molecule has 0 aromatic rings. The summed E-state index contributed by atoms with van der Waals surface area (Å²) in [6.07, 6.45) is 5.60. The van der Waals surface area contributed by atoms with Crippen LogP contribution < -0.4 is 10.6 Å². The van der Waals surface area contributed by atoms with Crippen molar-refractivity contribution >= 4 is 0 Å². The van der Waals surface area contributed by atoms with Gasteiger partial charge in [0.05, 0.1) is 0 Å². The standard InChI is InChI=1S/C9H18N2/c1-7-6-10-8-4-2-3-5-9(8)11-7/h7-11H,2-6H2,1H3/t7-,8?,9?/m1/s1. The molecule has 0 aromatic heterocycles. The van der Waals surface area contributed by atoms with Crippen LogP contribution >= 0.6 is 0 Å². The molecule has 3 atom stereocenters. The van der Waals surface area contributed by atoms with E-state index in [2.05, 4.69) is 17.6 Å². The summed E-state index contributed by atoms with van der Waals surface area (Å²) in [7, 11) is 0. The van der Waals surface area contributed by atoms with Gasteiger partial charge in [-0.05, 0) is 19.8 Å². The third-order valence-electron chi connectivity index (χ3n) is 2.95. The SMILES string of the molecule is C[C@@H]1CNC2CCCCC2N1. The molecular weight excluding hydrogens is 136 g/mol. The highest BCUT2D eigenvalue weighted by Gasteiger charge is 2.29. The molecule has 1 aliphatic heterocycles. The number of hydrogen-bond acceptors (Lipinski definition) is 2. The van der Waals surface area contributed by atoms with Crippen molar-refractivity contribution in [1.82, 2.24) is 10.6 Å². The summed E-state index contributed by atoms with van der Waals surface area (Å²) in [5.74, 6) is 0. The van der Waals surface area contributed by atoms with Crippen molar-refractivity contribution in [3.63, 3.8) is 0 Å². The van der Waals surface area contributed by atoms with Crippen molar-refractivity contribution in [3.05, 3.63) is 0 Å². The van der Waals surface area contributed by atoms with E-state index in [-0.39, 0.29) is 0 Å². The Hall–Kier alpha value is -0.0800. The van der Waals surface area contributed by atoms with Gasteiger partial charge in [-0.1, -0.05) is 12.8 Å². The topological polar surface area (TPSA) is 24.1 Å². The second-order valence-electron chi connectivity index (χ2n) is 3.97. The molecule has 64 valence electrons. The average Bonchev–Trinajstić information content (AvgIpc) is 2.04. The summed E-state index contributed by atoms with van der Waals surface area (Å²) in [4.78, 5) is 0. The van der Waals surface area contributed by atoms with Gasteiger partial charge in [0, 0.05) is 24.7 Å². The summed E-state index contributed by atoms with van der Waals surface area (Å²) >= 11 is 0. The minimum atomic E-state index is 0.675. The fourth-order valence-electron chi connectivity index (χ4n) is 2.33. The number of piperazine rings is 1. The van der Waals surface area contributed by atoms with Gasteiger partial charge in [0.15, 0.2) is 0 Å². The van der Waals surface area contributed by atoms with Crippen molar-refractivity contribution in [2.24, 2.45) is 0 Å². The quantitative estimate of drug-likeness (QED) is 0.541. The number of rotatable bonds is 0.